The highest BCUT2D eigenvalue weighted by Gasteiger charge is 2.45. The lowest BCUT2D eigenvalue weighted by Crippen LogP contribution is -2.57. The van der Waals surface area contributed by atoms with Crippen molar-refractivity contribution >= 4 is 34.6 Å². The van der Waals surface area contributed by atoms with Crippen molar-refractivity contribution in [2.75, 3.05) is 32.8 Å². The number of unbranched alkanes of at least 4 members (excludes halogenated alkanes) is 3. The number of halogens is 3. The smallest absolute Gasteiger partial charge is 0.246 e. The normalized spacial score (nSPS) is 19.8. The van der Waals surface area contributed by atoms with Crippen LogP contribution < -0.4 is 20.7 Å². The lowest BCUT2D eigenvalue weighted by atomic mass is 9.84. The molecule has 1 aliphatic carbocycles. The molecule has 378 valence electrons. The number of rotatable bonds is 21. The number of amides is 3. The number of carbonyl (C=O) groups excluding carboxylic acids is 3. The van der Waals surface area contributed by atoms with Gasteiger partial charge in [-0.2, -0.15) is 0 Å². The number of fused-ring (bicyclic) bond motifs is 2. The summed E-state index contributed by atoms with van der Waals surface area (Å²) in [4.78, 5) is 49.4. The van der Waals surface area contributed by atoms with Gasteiger partial charge >= 0.3 is 0 Å². The average molecular weight is 985 g/mol. The number of aliphatic hydroxyl groups excluding tert-OH is 1. The van der Waals surface area contributed by atoms with Gasteiger partial charge < -0.3 is 30.7 Å². The lowest BCUT2D eigenvalue weighted by Gasteiger charge is -2.44. The van der Waals surface area contributed by atoms with Crippen molar-refractivity contribution in [2.24, 2.45) is 5.41 Å². The number of ether oxygens (including phenoxy) is 1. The summed E-state index contributed by atoms with van der Waals surface area (Å²) in [5.41, 5.74) is 6.73. The highest BCUT2D eigenvalue weighted by molar-refractivity contribution is 7.13. The van der Waals surface area contributed by atoms with E-state index in [2.05, 4.69) is 33.1 Å². The molecular weight excluding hydrogens is 914 g/mol. The van der Waals surface area contributed by atoms with E-state index in [1.807, 2.05) is 81.4 Å². The van der Waals surface area contributed by atoms with Crippen LogP contribution in [0.4, 0.5) is 13.2 Å². The van der Waals surface area contributed by atoms with Gasteiger partial charge in [-0.05, 0) is 118 Å². The van der Waals surface area contributed by atoms with Gasteiger partial charge in [-0.1, -0.05) is 75.7 Å². The largest absolute Gasteiger partial charge is 0.493 e. The molecular formula is C55H71F3N6O5S. The number of alkyl halides is 1. The Balaban J connectivity index is 0.804. The minimum atomic E-state index is -1.56. The molecule has 15 heteroatoms. The molecule has 1 aromatic heterocycles. The number of nitrogens with zero attached hydrogens (tertiary/aromatic N) is 3. The van der Waals surface area contributed by atoms with Crippen molar-refractivity contribution in [3.63, 3.8) is 0 Å². The van der Waals surface area contributed by atoms with Gasteiger partial charge in [-0.25, -0.2) is 18.2 Å². The first-order valence-corrected chi connectivity index (χ1v) is 25.8. The van der Waals surface area contributed by atoms with Crippen LogP contribution in [0.3, 0.4) is 0 Å². The summed E-state index contributed by atoms with van der Waals surface area (Å²) in [6.07, 6.45) is 4.50. The number of nitrogens with one attached hydrogen (secondary N) is 3. The number of likely N-dealkylation sites (tertiary alicyclic amines) is 1. The van der Waals surface area contributed by atoms with E-state index >= 15 is 13.2 Å². The van der Waals surface area contributed by atoms with E-state index in [0.29, 0.717) is 25.7 Å². The molecule has 4 N–H and O–H groups in total. The molecule has 7 rings (SSSR count). The Morgan fingerprint density at radius 2 is 1.66 bits per heavy atom. The molecule has 0 unspecified atom stereocenters. The van der Waals surface area contributed by atoms with E-state index in [1.54, 1.807) is 11.3 Å². The highest BCUT2D eigenvalue weighted by Crippen LogP contribution is 2.50. The molecule has 3 amide bonds. The summed E-state index contributed by atoms with van der Waals surface area (Å²) in [6, 6.07) is 15.9. The first kappa shape index (κ1) is 52.7. The van der Waals surface area contributed by atoms with Crippen molar-refractivity contribution in [3.8, 4) is 16.2 Å². The minimum Gasteiger partial charge on any atom is -0.493 e. The van der Waals surface area contributed by atoms with E-state index in [4.69, 9.17) is 4.74 Å². The maximum absolute atomic E-state index is 16.1. The van der Waals surface area contributed by atoms with Gasteiger partial charge in [0.25, 0.3) is 0 Å². The molecule has 2 aliphatic heterocycles. The lowest BCUT2D eigenvalue weighted by molar-refractivity contribution is -0.144. The third-order valence-corrected chi connectivity index (χ3v) is 14.7. The Morgan fingerprint density at radius 3 is 2.33 bits per heavy atom. The third kappa shape index (κ3) is 13.1. The number of aliphatic hydroxyl groups is 1. The summed E-state index contributed by atoms with van der Waals surface area (Å²) >= 11 is 1.57. The number of carbonyl (C=O) groups is 3. The Kier molecular flexibility index (Phi) is 17.3. The molecule has 11 nitrogen and oxygen atoms in total. The van der Waals surface area contributed by atoms with Gasteiger partial charge in [-0.3, -0.25) is 19.3 Å². The monoisotopic (exact) mass is 985 g/mol. The van der Waals surface area contributed by atoms with Gasteiger partial charge in [0.15, 0.2) is 0 Å². The van der Waals surface area contributed by atoms with Gasteiger partial charge in [0.05, 0.1) is 34.8 Å². The zero-order valence-electron chi connectivity index (χ0n) is 41.8. The summed E-state index contributed by atoms with van der Waals surface area (Å²) in [7, 11) is 0. The molecule has 3 aromatic carbocycles. The molecule has 4 aromatic rings. The number of aromatic nitrogens is 1. The van der Waals surface area contributed by atoms with Crippen molar-refractivity contribution < 1.29 is 37.4 Å². The number of β-amino-alcohol motifs (C(OH)–C–C–N with tert-alkyl or cyclic N) is 1. The highest BCUT2D eigenvalue weighted by atomic mass is 32.1. The van der Waals surface area contributed by atoms with Crippen LogP contribution in [0.2, 0.25) is 0 Å². The van der Waals surface area contributed by atoms with E-state index in [-0.39, 0.29) is 68.3 Å². The molecule has 0 radical (unpaired) electrons. The fraction of sp³-hybridized carbons (Fsp3) is 0.527. The second kappa shape index (κ2) is 23.0. The first-order valence-electron chi connectivity index (χ1n) is 24.9. The summed E-state index contributed by atoms with van der Waals surface area (Å²) in [5.74, 6) is -2.26. The van der Waals surface area contributed by atoms with Crippen molar-refractivity contribution in [2.45, 2.75) is 149 Å². The van der Waals surface area contributed by atoms with E-state index in [1.165, 1.54) is 30.9 Å². The Hall–Kier alpha value is -5.09. The first-order chi connectivity index (χ1) is 33.3. The predicted octanol–water partition coefficient (Wildman–Crippen LogP) is 9.41. The fourth-order valence-electron chi connectivity index (χ4n) is 10.1. The average Bonchev–Trinajstić information content (AvgIpc) is 4.02. The summed E-state index contributed by atoms with van der Waals surface area (Å²) < 4.78 is 53.2. The number of hydrogen-bond donors (Lipinski definition) is 4. The van der Waals surface area contributed by atoms with Crippen LogP contribution in [0.1, 0.15) is 127 Å². The quantitative estimate of drug-likeness (QED) is 0.0607. The second-order valence-corrected chi connectivity index (χ2v) is 21.9. The molecule has 0 bridgehead atoms. The van der Waals surface area contributed by atoms with Crippen LogP contribution in [0.25, 0.3) is 16.0 Å². The van der Waals surface area contributed by atoms with Gasteiger partial charge in [-0.15, -0.1) is 11.3 Å². The summed E-state index contributed by atoms with van der Waals surface area (Å²) in [6.45, 7) is 14.7. The predicted molar refractivity (Wildman–Crippen MR) is 270 cm³/mol. The van der Waals surface area contributed by atoms with Gasteiger partial charge in [0.1, 0.15) is 35.1 Å². The number of hydrogen-bond acceptors (Lipinski definition) is 9. The topological polar surface area (TPSA) is 136 Å². The number of thiazole rings is 1. The molecule has 1 fully saturated rings. The van der Waals surface area contributed by atoms with Crippen molar-refractivity contribution in [3.05, 3.63) is 111 Å². The molecule has 3 aliphatic rings. The van der Waals surface area contributed by atoms with Crippen molar-refractivity contribution in [1.82, 2.24) is 30.7 Å². The van der Waals surface area contributed by atoms with E-state index in [0.717, 1.165) is 76.3 Å². The number of aryl methyl sites for hydroxylation is 1. The van der Waals surface area contributed by atoms with Crippen LogP contribution in [-0.2, 0) is 27.3 Å². The number of benzene rings is 3. The van der Waals surface area contributed by atoms with E-state index < -0.39 is 52.9 Å². The SMILES string of the molecule is Cc1ncsc1-c1ccc(CNC(=O)[C@@H]2C[C@@H](O)CN2C(=O)[C@@H](NC(=O)CCCCCNCCCCOc2cc(F)c([C@@H]3C4=C(C[C@@H](C)N3CC(C)(C)F)c3ccccc3C4)c(F)c2)C(C)(C)C)cc1. The molecule has 0 spiro atoms. The van der Waals surface area contributed by atoms with E-state index in [9.17, 15) is 19.5 Å². The Morgan fingerprint density at radius 1 is 0.957 bits per heavy atom. The van der Waals surface area contributed by atoms with Crippen LogP contribution >= 0.6 is 11.3 Å². The van der Waals surface area contributed by atoms with Crippen LogP contribution in [0, 0.1) is 24.0 Å². The van der Waals surface area contributed by atoms with Gasteiger partial charge in [0, 0.05) is 56.2 Å². The third-order valence-electron chi connectivity index (χ3n) is 13.7. The Labute approximate surface area is 415 Å². The Bertz CT molecular complexity index is 2480. The minimum absolute atomic E-state index is 0.00806. The summed E-state index contributed by atoms with van der Waals surface area (Å²) in [5, 5.41) is 19.9. The molecule has 5 atom stereocenters. The second-order valence-electron chi connectivity index (χ2n) is 21.0. The molecule has 70 heavy (non-hydrogen) atoms. The van der Waals surface area contributed by atoms with Gasteiger partial charge in [0.2, 0.25) is 17.7 Å². The zero-order valence-corrected chi connectivity index (χ0v) is 42.6. The van der Waals surface area contributed by atoms with Crippen LogP contribution in [0.5, 0.6) is 5.75 Å². The van der Waals surface area contributed by atoms with Crippen molar-refractivity contribution in [1.29, 1.82) is 0 Å². The maximum Gasteiger partial charge on any atom is 0.246 e. The maximum atomic E-state index is 16.1. The fourth-order valence-corrected chi connectivity index (χ4v) is 11.0. The molecule has 0 saturated carbocycles. The van der Waals surface area contributed by atoms with Crippen LogP contribution in [-0.4, -0.2) is 100 Å². The zero-order chi connectivity index (χ0) is 50.3. The van der Waals surface area contributed by atoms with Crippen LogP contribution in [0.15, 0.2) is 71.7 Å². The molecule has 3 heterocycles. The standard InChI is InChI=1S/C55H71F3N6O5S/c1-34-25-42-41-16-11-10-15-38(41)26-43(42)49(64(34)32-55(6,7)58)48-44(56)28-40(29-45(48)57)69-24-14-13-23-59-22-12-8-9-17-47(66)62-51(54(3,4)5)53(68)63-31-39(65)27-46(63)52(67)60-30-36-18-20-37(21-19-36)50-35(2)61-33-70-50/h10-11,15-16,18-21,28-29,33-34,39,46,49,51,59,65H,8-9,12-14,17,22-27,30-32H2,1-7H3,(H,60,67)(H,62,66)/t34-,39-,46+,49+,51-/m1/s1. The molecule has 1 saturated heterocycles.